The molecular weight excluding hydrogens is 198 g/mol. The highest BCUT2D eigenvalue weighted by molar-refractivity contribution is 7.10. The topological polar surface area (TPSA) is 63.3 Å². The lowest BCUT2D eigenvalue weighted by atomic mass is 9.95. The number of nitrogens with two attached hydrogens (primary N) is 1. The molecule has 3 N–H and O–H groups in total. The number of carbonyl (C=O) groups is 1. The van der Waals surface area contributed by atoms with Crippen molar-refractivity contribution >= 4 is 17.3 Å². The Morgan fingerprint density at radius 1 is 1.71 bits per heavy atom. The Bertz CT molecular complexity index is 368. The molecule has 1 saturated carbocycles. The summed E-state index contributed by atoms with van der Waals surface area (Å²) in [6.45, 7) is 2.02. The van der Waals surface area contributed by atoms with Crippen LogP contribution in [0, 0.1) is 6.92 Å². The molecule has 1 aliphatic rings. The molecule has 76 valence electrons. The van der Waals surface area contributed by atoms with E-state index in [9.17, 15) is 4.79 Å². The zero-order valence-electron chi connectivity index (χ0n) is 7.99. The molecule has 0 bridgehead atoms. The molecule has 0 aromatic carbocycles. The lowest BCUT2D eigenvalue weighted by Crippen LogP contribution is -2.41. The minimum absolute atomic E-state index is 0.259. The van der Waals surface area contributed by atoms with Crippen molar-refractivity contribution in [1.29, 1.82) is 0 Å². The zero-order valence-corrected chi connectivity index (χ0v) is 8.80. The fraction of sp³-hybridized carbons (Fsp3) is 0.500. The van der Waals surface area contributed by atoms with Gasteiger partial charge in [-0.1, -0.05) is 0 Å². The van der Waals surface area contributed by atoms with E-state index >= 15 is 0 Å². The van der Waals surface area contributed by atoms with Crippen LogP contribution in [0.3, 0.4) is 0 Å². The standard InChI is InChI=1S/C10H13NO2S/c1-6-4-7(14-5-6)10(2-3-10)8(11)9(12)13/h4-5,8H,2-3,11H2,1H3,(H,12,13). The van der Waals surface area contributed by atoms with E-state index in [2.05, 4.69) is 6.07 Å². The van der Waals surface area contributed by atoms with Crippen LogP contribution >= 0.6 is 11.3 Å². The Morgan fingerprint density at radius 2 is 2.36 bits per heavy atom. The summed E-state index contributed by atoms with van der Waals surface area (Å²) >= 11 is 1.62. The quantitative estimate of drug-likeness (QED) is 0.796. The van der Waals surface area contributed by atoms with Gasteiger partial charge in [0.05, 0.1) is 0 Å². The molecular formula is C10H13NO2S. The van der Waals surface area contributed by atoms with Crippen molar-refractivity contribution in [2.24, 2.45) is 5.73 Å². The van der Waals surface area contributed by atoms with Gasteiger partial charge in [-0.3, -0.25) is 4.79 Å². The van der Waals surface area contributed by atoms with Gasteiger partial charge in [-0.15, -0.1) is 11.3 Å². The van der Waals surface area contributed by atoms with E-state index in [1.807, 2.05) is 12.3 Å². The van der Waals surface area contributed by atoms with Gasteiger partial charge in [0.25, 0.3) is 0 Å². The van der Waals surface area contributed by atoms with Crippen molar-refractivity contribution in [2.45, 2.75) is 31.2 Å². The average molecular weight is 211 g/mol. The van der Waals surface area contributed by atoms with E-state index in [1.165, 1.54) is 5.56 Å². The van der Waals surface area contributed by atoms with Crippen molar-refractivity contribution in [3.8, 4) is 0 Å². The number of hydrogen-bond acceptors (Lipinski definition) is 3. The molecule has 14 heavy (non-hydrogen) atoms. The van der Waals surface area contributed by atoms with E-state index in [4.69, 9.17) is 10.8 Å². The molecule has 1 unspecified atom stereocenters. The SMILES string of the molecule is Cc1csc(C2(C(N)C(=O)O)CC2)c1. The second-order valence-corrected chi connectivity index (χ2v) is 4.87. The van der Waals surface area contributed by atoms with Crippen LogP contribution < -0.4 is 5.73 Å². The molecule has 1 aromatic rings. The number of hydrogen-bond donors (Lipinski definition) is 2. The van der Waals surface area contributed by atoms with E-state index in [1.54, 1.807) is 11.3 Å². The van der Waals surface area contributed by atoms with Crippen molar-refractivity contribution < 1.29 is 9.90 Å². The number of carboxylic acids is 1. The zero-order chi connectivity index (χ0) is 10.3. The summed E-state index contributed by atoms with van der Waals surface area (Å²) < 4.78 is 0. The predicted octanol–water partition coefficient (Wildman–Crippen LogP) is 1.50. The van der Waals surface area contributed by atoms with Crippen LogP contribution in [0.4, 0.5) is 0 Å². The number of rotatable bonds is 3. The highest BCUT2D eigenvalue weighted by Crippen LogP contribution is 2.52. The van der Waals surface area contributed by atoms with Crippen molar-refractivity contribution in [3.63, 3.8) is 0 Å². The van der Waals surface area contributed by atoms with E-state index < -0.39 is 12.0 Å². The number of aryl methyl sites for hydroxylation is 1. The third-order valence-electron chi connectivity index (χ3n) is 2.87. The molecule has 1 aliphatic carbocycles. The van der Waals surface area contributed by atoms with Gasteiger partial charge in [0, 0.05) is 10.3 Å². The van der Waals surface area contributed by atoms with Gasteiger partial charge in [0.1, 0.15) is 6.04 Å². The lowest BCUT2D eigenvalue weighted by molar-refractivity contribution is -0.139. The summed E-state index contributed by atoms with van der Waals surface area (Å²) in [5, 5.41) is 11.0. The molecule has 0 amide bonds. The second-order valence-electron chi connectivity index (χ2n) is 3.96. The molecule has 1 heterocycles. The van der Waals surface area contributed by atoms with Gasteiger partial charge < -0.3 is 10.8 Å². The normalized spacial score (nSPS) is 20.4. The van der Waals surface area contributed by atoms with Gasteiger partial charge in [-0.05, 0) is 36.8 Å². The third-order valence-corrected chi connectivity index (χ3v) is 4.14. The van der Waals surface area contributed by atoms with Crippen LogP contribution in [0.15, 0.2) is 11.4 Å². The van der Waals surface area contributed by atoms with Crippen LogP contribution in [-0.2, 0) is 10.2 Å². The van der Waals surface area contributed by atoms with E-state index in [0.29, 0.717) is 0 Å². The van der Waals surface area contributed by atoms with Gasteiger partial charge in [-0.2, -0.15) is 0 Å². The first kappa shape index (κ1) is 9.68. The van der Waals surface area contributed by atoms with Gasteiger partial charge in [-0.25, -0.2) is 0 Å². The fourth-order valence-corrected chi connectivity index (χ4v) is 2.97. The Kier molecular flexibility index (Phi) is 2.12. The molecule has 0 saturated heterocycles. The summed E-state index contributed by atoms with van der Waals surface area (Å²) in [5.41, 5.74) is 6.63. The summed E-state index contributed by atoms with van der Waals surface area (Å²) in [5.74, 6) is -0.895. The molecule has 1 aromatic heterocycles. The van der Waals surface area contributed by atoms with Crippen LogP contribution in [0.25, 0.3) is 0 Å². The maximum atomic E-state index is 10.8. The Hall–Kier alpha value is -0.870. The first-order valence-corrected chi connectivity index (χ1v) is 5.48. The molecule has 1 fully saturated rings. The van der Waals surface area contributed by atoms with Gasteiger partial charge in [0.15, 0.2) is 0 Å². The summed E-state index contributed by atoms with van der Waals surface area (Å²) in [4.78, 5) is 12.0. The van der Waals surface area contributed by atoms with Crippen LogP contribution in [-0.4, -0.2) is 17.1 Å². The molecule has 4 heteroatoms. The summed E-state index contributed by atoms with van der Waals surface area (Å²) in [7, 11) is 0. The first-order valence-electron chi connectivity index (χ1n) is 4.60. The first-order chi connectivity index (χ1) is 6.56. The third kappa shape index (κ3) is 1.35. The maximum Gasteiger partial charge on any atom is 0.321 e. The lowest BCUT2D eigenvalue weighted by Gasteiger charge is -2.17. The molecule has 0 radical (unpaired) electrons. The number of aliphatic carboxylic acids is 1. The van der Waals surface area contributed by atoms with Crippen molar-refractivity contribution in [1.82, 2.24) is 0 Å². The molecule has 0 aliphatic heterocycles. The Balaban J connectivity index is 2.29. The number of carboxylic acid groups (broad SMARTS) is 1. The minimum Gasteiger partial charge on any atom is -0.480 e. The Labute approximate surface area is 86.6 Å². The summed E-state index contributed by atoms with van der Waals surface area (Å²) in [6.07, 6.45) is 1.81. The average Bonchev–Trinajstić information content (AvgIpc) is 2.83. The van der Waals surface area contributed by atoms with E-state index in [0.717, 1.165) is 17.7 Å². The molecule has 0 spiro atoms. The highest BCUT2D eigenvalue weighted by atomic mass is 32.1. The molecule has 2 rings (SSSR count). The van der Waals surface area contributed by atoms with Gasteiger partial charge >= 0.3 is 5.97 Å². The minimum atomic E-state index is -0.895. The maximum absolute atomic E-state index is 10.8. The van der Waals surface area contributed by atoms with Gasteiger partial charge in [0.2, 0.25) is 0 Å². The predicted molar refractivity (Wildman–Crippen MR) is 55.6 cm³/mol. The van der Waals surface area contributed by atoms with Crippen molar-refractivity contribution in [3.05, 3.63) is 21.9 Å². The smallest absolute Gasteiger partial charge is 0.321 e. The molecule has 1 atom stereocenters. The highest BCUT2D eigenvalue weighted by Gasteiger charge is 2.53. The Morgan fingerprint density at radius 3 is 2.71 bits per heavy atom. The van der Waals surface area contributed by atoms with Crippen LogP contribution in [0.5, 0.6) is 0 Å². The molecule has 3 nitrogen and oxygen atoms in total. The van der Waals surface area contributed by atoms with Crippen molar-refractivity contribution in [2.75, 3.05) is 0 Å². The van der Waals surface area contributed by atoms with E-state index in [-0.39, 0.29) is 5.41 Å². The second kappa shape index (κ2) is 3.07. The van der Waals surface area contributed by atoms with Crippen LogP contribution in [0.2, 0.25) is 0 Å². The largest absolute Gasteiger partial charge is 0.480 e. The summed E-state index contributed by atoms with van der Waals surface area (Å²) in [6, 6.07) is 1.31. The monoisotopic (exact) mass is 211 g/mol. The fourth-order valence-electron chi connectivity index (χ4n) is 1.77. The van der Waals surface area contributed by atoms with Crippen LogP contribution in [0.1, 0.15) is 23.3 Å². The number of thiophene rings is 1.